The van der Waals surface area contributed by atoms with Crippen LogP contribution < -0.4 is 10.6 Å². The molecule has 0 amide bonds. The average molecular weight is 511 g/mol. The Labute approximate surface area is 227 Å². The summed E-state index contributed by atoms with van der Waals surface area (Å²) < 4.78 is 0. The van der Waals surface area contributed by atoms with E-state index in [9.17, 15) is 0 Å². The number of rotatable bonds is 5. The zero-order valence-electron chi connectivity index (χ0n) is 21.6. The number of fused-ring (bicyclic) bond motifs is 3. The maximum Gasteiger partial charge on any atom is 0.123 e. The predicted molar refractivity (Wildman–Crippen MR) is 154 cm³/mol. The van der Waals surface area contributed by atoms with Crippen molar-refractivity contribution < 1.29 is 0 Å². The monoisotopic (exact) mass is 510 g/mol. The summed E-state index contributed by atoms with van der Waals surface area (Å²) in [5.41, 5.74) is 8.25. The summed E-state index contributed by atoms with van der Waals surface area (Å²) >= 11 is 0. The van der Waals surface area contributed by atoms with E-state index < -0.39 is 0 Å². The molecule has 2 aromatic heterocycles. The molecule has 0 bridgehead atoms. The molecular formula is C33H30N6. The van der Waals surface area contributed by atoms with Gasteiger partial charge in [0.15, 0.2) is 0 Å². The first-order valence-electron chi connectivity index (χ1n) is 14.1. The molecule has 4 aliphatic rings. The van der Waals surface area contributed by atoms with Crippen LogP contribution in [0.1, 0.15) is 43.0 Å². The van der Waals surface area contributed by atoms with Crippen molar-refractivity contribution in [2.24, 2.45) is 11.8 Å². The summed E-state index contributed by atoms with van der Waals surface area (Å²) in [6, 6.07) is 24.1. The Hall–Kier alpha value is -4.00. The summed E-state index contributed by atoms with van der Waals surface area (Å²) in [7, 11) is 0. The number of hydrogen-bond acceptors (Lipinski definition) is 4. The summed E-state index contributed by atoms with van der Waals surface area (Å²) in [6.07, 6.45) is 7.57. The van der Waals surface area contributed by atoms with E-state index in [0.717, 1.165) is 47.0 Å². The normalized spacial score (nSPS) is 28.6. The summed E-state index contributed by atoms with van der Waals surface area (Å²) in [5.74, 6) is 3.60. The van der Waals surface area contributed by atoms with Crippen molar-refractivity contribution in [2.75, 3.05) is 0 Å². The van der Waals surface area contributed by atoms with Crippen LogP contribution in [0.4, 0.5) is 0 Å². The van der Waals surface area contributed by atoms with Crippen molar-refractivity contribution >= 4 is 10.8 Å². The molecule has 3 aromatic carbocycles. The van der Waals surface area contributed by atoms with E-state index in [1.165, 1.54) is 45.9 Å². The second-order valence-corrected chi connectivity index (χ2v) is 11.9. The number of hydrogen-bond donors (Lipinski definition) is 4. The van der Waals surface area contributed by atoms with Gasteiger partial charge in [0.2, 0.25) is 0 Å². The van der Waals surface area contributed by atoms with Crippen molar-refractivity contribution in [3.05, 3.63) is 96.9 Å². The molecule has 2 saturated carbocycles. The van der Waals surface area contributed by atoms with Gasteiger partial charge in [0.05, 0.1) is 35.9 Å². The molecule has 0 unspecified atom stereocenters. The molecule has 4 heterocycles. The third-order valence-electron chi connectivity index (χ3n) is 9.45. The summed E-state index contributed by atoms with van der Waals surface area (Å²) in [4.78, 5) is 16.5. The van der Waals surface area contributed by atoms with Gasteiger partial charge in [-0.15, -0.1) is 0 Å². The van der Waals surface area contributed by atoms with Crippen LogP contribution in [0, 0.1) is 11.8 Å². The molecule has 2 aliphatic carbocycles. The van der Waals surface area contributed by atoms with E-state index in [2.05, 4.69) is 92.8 Å². The van der Waals surface area contributed by atoms with Crippen LogP contribution >= 0.6 is 0 Å². The van der Waals surface area contributed by atoms with Gasteiger partial charge >= 0.3 is 0 Å². The van der Waals surface area contributed by atoms with Crippen molar-refractivity contribution in [1.29, 1.82) is 0 Å². The lowest BCUT2D eigenvalue weighted by Gasteiger charge is -2.10. The van der Waals surface area contributed by atoms with Gasteiger partial charge in [-0.3, -0.25) is 0 Å². The zero-order valence-corrected chi connectivity index (χ0v) is 21.6. The molecule has 39 heavy (non-hydrogen) atoms. The van der Waals surface area contributed by atoms with Crippen molar-refractivity contribution in [1.82, 2.24) is 30.6 Å². The van der Waals surface area contributed by atoms with Crippen LogP contribution in [-0.4, -0.2) is 32.0 Å². The predicted octanol–water partition coefficient (Wildman–Crippen LogP) is 6.30. The Morgan fingerprint density at radius 2 is 1.26 bits per heavy atom. The van der Waals surface area contributed by atoms with Gasteiger partial charge in [0, 0.05) is 23.6 Å². The second-order valence-electron chi connectivity index (χ2n) is 11.9. The summed E-state index contributed by atoms with van der Waals surface area (Å²) in [5, 5.41) is 9.79. The largest absolute Gasteiger partial charge is 0.341 e. The minimum atomic E-state index is 0.307. The Balaban J connectivity index is 0.928. The smallest absolute Gasteiger partial charge is 0.123 e. The van der Waals surface area contributed by atoms with E-state index in [0.29, 0.717) is 24.0 Å². The average Bonchev–Trinajstić information content (AvgIpc) is 3.51. The maximum absolute atomic E-state index is 4.69. The molecule has 6 nitrogen and oxygen atoms in total. The van der Waals surface area contributed by atoms with Gasteiger partial charge in [0.25, 0.3) is 0 Å². The van der Waals surface area contributed by atoms with Crippen LogP contribution in [0.5, 0.6) is 0 Å². The molecule has 2 aliphatic heterocycles. The van der Waals surface area contributed by atoms with E-state index >= 15 is 0 Å². The molecule has 6 heteroatoms. The number of imidazole rings is 2. The van der Waals surface area contributed by atoms with Crippen molar-refractivity contribution in [2.45, 2.75) is 43.4 Å². The molecule has 5 aromatic rings. The number of nitrogens with one attached hydrogen (secondary N) is 4. The lowest BCUT2D eigenvalue weighted by Crippen LogP contribution is -2.19. The Morgan fingerprint density at radius 3 is 1.92 bits per heavy atom. The molecular weight excluding hydrogens is 480 g/mol. The highest BCUT2D eigenvalue weighted by Crippen LogP contribution is 2.49. The Kier molecular flexibility index (Phi) is 4.49. The van der Waals surface area contributed by atoms with Crippen LogP contribution in [-0.2, 0) is 0 Å². The third kappa shape index (κ3) is 3.63. The summed E-state index contributed by atoms with van der Waals surface area (Å²) in [6.45, 7) is 4.12. The quantitative estimate of drug-likeness (QED) is 0.209. The SMILES string of the molecule is C=C1[C@H]2N[C@H](c3ncc(-c4ccc(-c5ccc6cc(-c7cnc([C@@H]8C[C@H]9C[C@H]9N8)[nH]7)ccc6c5)cc4)[nH]3)C[C@@H]12. The first-order valence-corrected chi connectivity index (χ1v) is 14.1. The van der Waals surface area contributed by atoms with Crippen LogP contribution in [0.2, 0.25) is 0 Å². The van der Waals surface area contributed by atoms with E-state index in [1.54, 1.807) is 0 Å². The molecule has 4 N–H and O–H groups in total. The van der Waals surface area contributed by atoms with Gasteiger partial charge in [-0.05, 0) is 64.8 Å². The van der Waals surface area contributed by atoms with Crippen molar-refractivity contribution in [3.8, 4) is 33.6 Å². The van der Waals surface area contributed by atoms with E-state index in [1.807, 2.05) is 12.4 Å². The number of piperidine rings is 2. The number of aromatic amines is 2. The van der Waals surface area contributed by atoms with E-state index in [4.69, 9.17) is 4.98 Å². The molecule has 0 radical (unpaired) electrons. The van der Waals surface area contributed by atoms with Gasteiger partial charge in [-0.25, -0.2) is 9.97 Å². The number of benzene rings is 3. The molecule has 6 atom stereocenters. The van der Waals surface area contributed by atoms with Gasteiger partial charge in [-0.1, -0.05) is 60.7 Å². The fourth-order valence-electron chi connectivity index (χ4n) is 6.90. The molecule has 192 valence electrons. The highest BCUT2D eigenvalue weighted by molar-refractivity contribution is 5.90. The number of nitrogens with zero attached hydrogens (tertiary/aromatic N) is 2. The van der Waals surface area contributed by atoms with Crippen LogP contribution in [0.3, 0.4) is 0 Å². The minimum absolute atomic E-state index is 0.307. The van der Waals surface area contributed by atoms with Gasteiger partial charge < -0.3 is 20.6 Å². The van der Waals surface area contributed by atoms with Gasteiger partial charge in [-0.2, -0.15) is 0 Å². The first kappa shape index (κ1) is 21.9. The van der Waals surface area contributed by atoms with Crippen LogP contribution in [0.25, 0.3) is 44.4 Å². The second kappa shape index (κ2) is 8.01. The van der Waals surface area contributed by atoms with Gasteiger partial charge in [0.1, 0.15) is 11.6 Å². The van der Waals surface area contributed by atoms with Crippen LogP contribution in [0.15, 0.2) is 85.2 Å². The minimum Gasteiger partial charge on any atom is -0.341 e. The lowest BCUT2D eigenvalue weighted by molar-refractivity contribution is 0.543. The Morgan fingerprint density at radius 1 is 0.641 bits per heavy atom. The van der Waals surface area contributed by atoms with Crippen molar-refractivity contribution in [3.63, 3.8) is 0 Å². The molecule has 9 rings (SSSR count). The molecule has 2 saturated heterocycles. The maximum atomic E-state index is 4.69. The lowest BCUT2D eigenvalue weighted by atomic mass is 9.98. The first-order chi connectivity index (χ1) is 19.2. The fraction of sp³-hybridized carbons (Fsp3) is 0.273. The topological polar surface area (TPSA) is 81.4 Å². The highest BCUT2D eigenvalue weighted by atomic mass is 15.1. The number of aromatic nitrogens is 4. The fourth-order valence-corrected chi connectivity index (χ4v) is 6.90. The third-order valence-corrected chi connectivity index (χ3v) is 9.45. The standard InChI is InChI=1S/C33H30N6/c1-17-25-14-28(37-31(17)25)33-34-15-29(38-33)19-4-2-18(3-5-19)20-6-7-22-11-23(9-8-21(22)10-20)30-16-35-32(39-30)27-13-24-12-26(24)36-27/h2-11,15-16,24-28,31,36-37H,1,12-14H2,(H,34,38)(H,35,39)/t24-,25+,26-,27+,28+,31-/m1/s1. The Bertz CT molecular complexity index is 1740. The zero-order chi connectivity index (χ0) is 25.7. The molecule has 0 spiro atoms. The highest BCUT2D eigenvalue weighted by Gasteiger charge is 2.50. The molecule has 4 fully saturated rings. The number of H-pyrrole nitrogens is 2. The van der Waals surface area contributed by atoms with E-state index in [-0.39, 0.29) is 0 Å².